The Labute approximate surface area is 141 Å². The highest BCUT2D eigenvalue weighted by Crippen LogP contribution is 2.27. The molecular weight excluding hydrogens is 310 g/mol. The number of thiophene rings is 1. The van der Waals surface area contributed by atoms with Crippen LogP contribution in [0.3, 0.4) is 0 Å². The number of nitrogens with one attached hydrogen (secondary N) is 2. The van der Waals surface area contributed by atoms with Crippen LogP contribution in [0.4, 0.5) is 4.79 Å². The first kappa shape index (κ1) is 16.5. The van der Waals surface area contributed by atoms with Gasteiger partial charge in [0.15, 0.2) is 0 Å². The number of likely N-dealkylation sites (tertiary alicyclic amines) is 1. The second kappa shape index (κ2) is 7.95. The highest BCUT2D eigenvalue weighted by Gasteiger charge is 2.25. The number of amides is 2. The summed E-state index contributed by atoms with van der Waals surface area (Å²) in [5.41, 5.74) is 0. The van der Waals surface area contributed by atoms with Crippen molar-refractivity contribution in [3.05, 3.63) is 34.5 Å². The van der Waals surface area contributed by atoms with E-state index >= 15 is 0 Å². The fourth-order valence-corrected chi connectivity index (χ4v) is 4.23. The van der Waals surface area contributed by atoms with Crippen molar-refractivity contribution in [1.29, 1.82) is 0 Å². The molecule has 1 aliphatic carbocycles. The van der Waals surface area contributed by atoms with Crippen LogP contribution < -0.4 is 10.6 Å². The third kappa shape index (κ3) is 4.34. The molecule has 2 amide bonds. The number of hydrogen-bond donors (Lipinski definition) is 3. The summed E-state index contributed by atoms with van der Waals surface area (Å²) < 4.78 is 0. The third-order valence-electron chi connectivity index (χ3n) is 4.63. The van der Waals surface area contributed by atoms with Crippen molar-refractivity contribution in [1.82, 2.24) is 15.5 Å². The van der Waals surface area contributed by atoms with Crippen LogP contribution in [0, 0.1) is 5.92 Å². The summed E-state index contributed by atoms with van der Waals surface area (Å²) >= 11 is 1.75. The average molecular weight is 335 g/mol. The summed E-state index contributed by atoms with van der Waals surface area (Å²) in [5.74, 6) is 0.170. The van der Waals surface area contributed by atoms with Crippen molar-refractivity contribution in [3.8, 4) is 0 Å². The van der Waals surface area contributed by atoms with Gasteiger partial charge in [-0.25, -0.2) is 4.79 Å². The number of carbonyl (C=O) groups is 1. The van der Waals surface area contributed by atoms with E-state index in [-0.39, 0.29) is 30.6 Å². The van der Waals surface area contributed by atoms with Gasteiger partial charge in [-0.05, 0) is 43.8 Å². The Morgan fingerprint density at radius 1 is 1.39 bits per heavy atom. The van der Waals surface area contributed by atoms with Gasteiger partial charge in [0.1, 0.15) is 0 Å². The second-order valence-corrected chi connectivity index (χ2v) is 7.28. The van der Waals surface area contributed by atoms with Gasteiger partial charge in [-0.3, -0.25) is 4.90 Å². The van der Waals surface area contributed by atoms with Crippen molar-refractivity contribution in [2.24, 2.45) is 5.92 Å². The van der Waals surface area contributed by atoms with E-state index in [0.29, 0.717) is 6.54 Å². The predicted molar refractivity (Wildman–Crippen MR) is 92.5 cm³/mol. The van der Waals surface area contributed by atoms with Gasteiger partial charge in [-0.2, -0.15) is 0 Å². The highest BCUT2D eigenvalue weighted by atomic mass is 32.1. The maximum Gasteiger partial charge on any atom is 0.315 e. The molecular formula is C17H25N3O2S. The molecule has 1 aromatic rings. The number of aliphatic hydroxyl groups is 1. The zero-order chi connectivity index (χ0) is 16.1. The van der Waals surface area contributed by atoms with E-state index in [0.717, 1.165) is 19.5 Å². The lowest BCUT2D eigenvalue weighted by Crippen LogP contribution is -2.44. The van der Waals surface area contributed by atoms with Gasteiger partial charge < -0.3 is 15.7 Å². The summed E-state index contributed by atoms with van der Waals surface area (Å²) in [5, 5.41) is 17.2. The van der Waals surface area contributed by atoms with Crippen LogP contribution in [-0.2, 0) is 0 Å². The first-order valence-electron chi connectivity index (χ1n) is 8.37. The summed E-state index contributed by atoms with van der Waals surface area (Å²) in [6, 6.07) is 4.39. The number of nitrogens with zero attached hydrogens (tertiary/aromatic N) is 1. The van der Waals surface area contributed by atoms with Crippen LogP contribution in [0.1, 0.15) is 30.2 Å². The molecule has 2 heterocycles. The Morgan fingerprint density at radius 2 is 2.22 bits per heavy atom. The molecule has 23 heavy (non-hydrogen) atoms. The first-order valence-corrected chi connectivity index (χ1v) is 9.25. The third-order valence-corrected chi connectivity index (χ3v) is 5.61. The number of aliphatic hydroxyl groups excluding tert-OH is 1. The number of urea groups is 1. The molecule has 0 bridgehead atoms. The smallest absolute Gasteiger partial charge is 0.315 e. The molecule has 2 aliphatic rings. The maximum absolute atomic E-state index is 12.1. The molecule has 0 radical (unpaired) electrons. The minimum atomic E-state index is -0.126. The molecule has 0 spiro atoms. The van der Waals surface area contributed by atoms with Gasteiger partial charge in [0, 0.05) is 30.0 Å². The Hall–Kier alpha value is -1.37. The predicted octanol–water partition coefficient (Wildman–Crippen LogP) is 2.12. The van der Waals surface area contributed by atoms with Crippen LogP contribution in [0.5, 0.6) is 0 Å². The van der Waals surface area contributed by atoms with Crippen molar-refractivity contribution in [2.75, 3.05) is 26.2 Å². The summed E-state index contributed by atoms with van der Waals surface area (Å²) in [7, 11) is 0. The Balaban J connectivity index is 1.50. The van der Waals surface area contributed by atoms with Gasteiger partial charge in [-0.1, -0.05) is 18.2 Å². The molecule has 5 nitrogen and oxygen atoms in total. The molecule has 1 fully saturated rings. The molecule has 1 unspecified atom stereocenters. The second-order valence-electron chi connectivity index (χ2n) is 6.30. The Kier molecular flexibility index (Phi) is 5.70. The summed E-state index contributed by atoms with van der Waals surface area (Å²) in [6.07, 6.45) is 7.21. The van der Waals surface area contributed by atoms with Crippen LogP contribution >= 0.6 is 11.3 Å². The average Bonchev–Trinajstić information content (AvgIpc) is 3.30. The molecule has 1 aliphatic heterocycles. The normalized spacial score (nSPS) is 25.6. The lowest BCUT2D eigenvalue weighted by Gasteiger charge is -2.27. The number of rotatable bonds is 6. The van der Waals surface area contributed by atoms with Crippen LogP contribution in [-0.4, -0.2) is 48.3 Å². The van der Waals surface area contributed by atoms with Crippen LogP contribution in [0.2, 0.25) is 0 Å². The van der Waals surface area contributed by atoms with E-state index in [1.165, 1.54) is 17.7 Å². The lowest BCUT2D eigenvalue weighted by atomic mass is 10.1. The van der Waals surface area contributed by atoms with Gasteiger partial charge in [0.25, 0.3) is 0 Å². The molecule has 3 N–H and O–H groups in total. The van der Waals surface area contributed by atoms with Gasteiger partial charge >= 0.3 is 6.03 Å². The van der Waals surface area contributed by atoms with Crippen molar-refractivity contribution < 1.29 is 9.90 Å². The van der Waals surface area contributed by atoms with E-state index in [1.54, 1.807) is 11.3 Å². The molecule has 1 saturated heterocycles. The fourth-order valence-electron chi connectivity index (χ4n) is 3.37. The molecule has 3 atom stereocenters. The minimum absolute atomic E-state index is 0.0270. The lowest BCUT2D eigenvalue weighted by molar-refractivity contribution is 0.218. The van der Waals surface area contributed by atoms with Gasteiger partial charge in [0.05, 0.1) is 6.04 Å². The highest BCUT2D eigenvalue weighted by molar-refractivity contribution is 7.10. The summed E-state index contributed by atoms with van der Waals surface area (Å²) in [4.78, 5) is 15.9. The quantitative estimate of drug-likeness (QED) is 0.698. The van der Waals surface area contributed by atoms with E-state index in [9.17, 15) is 4.79 Å². The van der Waals surface area contributed by atoms with E-state index in [1.807, 2.05) is 12.2 Å². The van der Waals surface area contributed by atoms with Crippen molar-refractivity contribution in [2.45, 2.75) is 31.3 Å². The largest absolute Gasteiger partial charge is 0.396 e. The van der Waals surface area contributed by atoms with E-state index in [2.05, 4.69) is 33.0 Å². The van der Waals surface area contributed by atoms with Gasteiger partial charge in [-0.15, -0.1) is 11.3 Å². The topological polar surface area (TPSA) is 64.6 Å². The van der Waals surface area contributed by atoms with E-state index < -0.39 is 0 Å². The monoisotopic (exact) mass is 335 g/mol. The maximum atomic E-state index is 12.1. The zero-order valence-corrected chi connectivity index (χ0v) is 14.1. The van der Waals surface area contributed by atoms with Crippen LogP contribution in [0.25, 0.3) is 0 Å². The van der Waals surface area contributed by atoms with Crippen LogP contribution in [0.15, 0.2) is 29.7 Å². The first-order chi connectivity index (χ1) is 11.3. The zero-order valence-electron chi connectivity index (χ0n) is 13.3. The number of carbonyl (C=O) groups excluding carboxylic acids is 1. The number of hydrogen-bond acceptors (Lipinski definition) is 4. The molecule has 1 aromatic heterocycles. The molecule has 0 saturated carbocycles. The Morgan fingerprint density at radius 3 is 2.87 bits per heavy atom. The standard InChI is InChI=1S/C17H25N3O2S/c21-12-13-5-6-14(10-13)19-17(22)18-11-15(16-4-3-9-23-16)20-7-1-2-8-20/h3-6,9,13-15,21H,1-2,7-8,10-12H2,(H2,18,19,22)/t13-,14+,15?/m0/s1. The molecule has 0 aromatic carbocycles. The summed E-state index contributed by atoms with van der Waals surface area (Å²) in [6.45, 7) is 2.99. The molecule has 3 rings (SSSR count). The van der Waals surface area contributed by atoms with E-state index in [4.69, 9.17) is 5.11 Å². The molecule has 6 heteroatoms. The SMILES string of the molecule is O=C(NCC(c1cccs1)N1CCCC1)N[C@@H]1C=C[C@H](CO)C1. The van der Waals surface area contributed by atoms with Gasteiger partial charge in [0.2, 0.25) is 0 Å². The van der Waals surface area contributed by atoms with Crippen molar-refractivity contribution in [3.63, 3.8) is 0 Å². The Bertz CT molecular complexity index is 526. The fraction of sp³-hybridized carbons (Fsp3) is 0.588. The van der Waals surface area contributed by atoms with Crippen molar-refractivity contribution >= 4 is 17.4 Å². The molecule has 126 valence electrons. The minimum Gasteiger partial charge on any atom is -0.396 e.